The van der Waals surface area contributed by atoms with Crippen LogP contribution in [0.5, 0.6) is 5.75 Å². The van der Waals surface area contributed by atoms with Gasteiger partial charge in [-0.25, -0.2) is 0 Å². The van der Waals surface area contributed by atoms with Crippen LogP contribution in [-0.4, -0.2) is 28.8 Å². The number of hydrogen-bond donors (Lipinski definition) is 2. The minimum Gasteiger partial charge on any atom is -0.478 e. The fourth-order valence-electron chi connectivity index (χ4n) is 2.17. The summed E-state index contributed by atoms with van der Waals surface area (Å²) in [5.41, 5.74) is 1.18. The number of rotatable bonds is 7. The van der Waals surface area contributed by atoms with Gasteiger partial charge in [-0.3, -0.25) is 9.59 Å². The molecule has 24 heavy (non-hydrogen) atoms. The molecule has 2 rings (SSSR count). The first-order valence-corrected chi connectivity index (χ1v) is 7.84. The molecule has 0 saturated heterocycles. The first-order valence-electron chi connectivity index (χ1n) is 7.46. The molecule has 0 aliphatic rings. The molecule has 0 saturated carbocycles. The van der Waals surface area contributed by atoms with Gasteiger partial charge >= 0.3 is 0 Å². The van der Waals surface area contributed by atoms with E-state index in [1.807, 2.05) is 12.1 Å². The molecular formula is C17H19ClN2O4. The van der Waals surface area contributed by atoms with Gasteiger partial charge in [0, 0.05) is 30.4 Å². The normalized spacial score (nSPS) is 10.5. The lowest BCUT2D eigenvalue weighted by atomic mass is 10.2. The Morgan fingerprint density at radius 1 is 1.29 bits per heavy atom. The Morgan fingerprint density at radius 3 is 2.67 bits per heavy atom. The lowest BCUT2D eigenvalue weighted by molar-refractivity contribution is -0.123. The number of pyridine rings is 1. The van der Waals surface area contributed by atoms with Crippen LogP contribution in [0.2, 0.25) is 5.02 Å². The average molecular weight is 351 g/mol. The number of benzene rings is 1. The second kappa shape index (κ2) is 8.52. The van der Waals surface area contributed by atoms with Gasteiger partial charge in [0.1, 0.15) is 0 Å². The molecule has 2 aromatic rings. The molecule has 0 radical (unpaired) electrons. The van der Waals surface area contributed by atoms with Crippen LogP contribution in [0.3, 0.4) is 0 Å². The zero-order chi connectivity index (χ0) is 17.5. The van der Waals surface area contributed by atoms with Crippen LogP contribution in [0, 0.1) is 6.92 Å². The topological polar surface area (TPSA) is 80.6 Å². The molecule has 1 aromatic heterocycles. The third-order valence-corrected chi connectivity index (χ3v) is 3.73. The molecule has 1 aromatic carbocycles. The highest BCUT2D eigenvalue weighted by Crippen LogP contribution is 2.12. The Balaban J connectivity index is 1.93. The molecule has 0 spiro atoms. The molecule has 1 amide bonds. The zero-order valence-corrected chi connectivity index (χ0v) is 14.0. The molecule has 0 unspecified atom stereocenters. The summed E-state index contributed by atoms with van der Waals surface area (Å²) in [6.07, 6.45) is 1.58. The first kappa shape index (κ1) is 18.0. The third kappa shape index (κ3) is 4.84. The van der Waals surface area contributed by atoms with E-state index in [4.69, 9.17) is 21.4 Å². The minimum absolute atomic E-state index is 0.0509. The number of carbonyl (C=O) groups is 1. The van der Waals surface area contributed by atoms with Crippen molar-refractivity contribution in [2.24, 2.45) is 0 Å². The number of halogens is 1. The molecule has 6 nitrogen and oxygen atoms in total. The van der Waals surface area contributed by atoms with Crippen LogP contribution < -0.4 is 15.5 Å². The van der Waals surface area contributed by atoms with E-state index in [1.165, 1.54) is 6.07 Å². The van der Waals surface area contributed by atoms with Gasteiger partial charge in [0.15, 0.2) is 12.4 Å². The van der Waals surface area contributed by atoms with Gasteiger partial charge in [0.05, 0.1) is 12.3 Å². The number of amides is 1. The van der Waals surface area contributed by atoms with Gasteiger partial charge in [-0.1, -0.05) is 23.7 Å². The summed E-state index contributed by atoms with van der Waals surface area (Å²) in [6, 6.07) is 8.48. The number of aromatic nitrogens is 1. The summed E-state index contributed by atoms with van der Waals surface area (Å²) in [6.45, 7) is 2.10. The highest BCUT2D eigenvalue weighted by molar-refractivity contribution is 6.30. The molecule has 128 valence electrons. The highest BCUT2D eigenvalue weighted by Gasteiger charge is 2.11. The summed E-state index contributed by atoms with van der Waals surface area (Å²) in [5.74, 6) is -0.214. The van der Waals surface area contributed by atoms with Crippen molar-refractivity contribution in [2.75, 3.05) is 13.2 Å². The highest BCUT2D eigenvalue weighted by atomic mass is 35.5. The maximum absolute atomic E-state index is 11.9. The smallest absolute Gasteiger partial charge is 0.258 e. The van der Waals surface area contributed by atoms with Crippen molar-refractivity contribution < 1.29 is 14.6 Å². The van der Waals surface area contributed by atoms with Crippen LogP contribution in [0.15, 0.2) is 41.3 Å². The van der Waals surface area contributed by atoms with E-state index in [0.717, 1.165) is 5.56 Å². The van der Waals surface area contributed by atoms with Crippen molar-refractivity contribution >= 4 is 17.5 Å². The molecular weight excluding hydrogens is 332 g/mol. The molecule has 1 heterocycles. The summed E-state index contributed by atoms with van der Waals surface area (Å²) >= 11 is 5.80. The van der Waals surface area contributed by atoms with Gasteiger partial charge < -0.3 is 19.7 Å². The molecule has 7 heteroatoms. The SMILES string of the molecule is Cc1c(OCC(=O)NCc2ccc(Cl)cc2)c(=O)ccn1CCO. The summed E-state index contributed by atoms with van der Waals surface area (Å²) in [7, 11) is 0. The van der Waals surface area contributed by atoms with E-state index in [0.29, 0.717) is 23.8 Å². The standard InChI is InChI=1S/C17H19ClN2O4/c1-12-17(15(22)6-7-20(12)8-9-21)24-11-16(23)19-10-13-2-4-14(18)5-3-13/h2-7,21H,8-11H2,1H3,(H,19,23). The molecule has 0 fully saturated rings. The molecule has 2 N–H and O–H groups in total. The maximum Gasteiger partial charge on any atom is 0.258 e. The van der Waals surface area contributed by atoms with E-state index < -0.39 is 0 Å². The second-order valence-electron chi connectivity index (χ2n) is 5.20. The first-order chi connectivity index (χ1) is 11.5. The number of aliphatic hydroxyl groups excluding tert-OH is 1. The Labute approximate surface area is 144 Å². The van der Waals surface area contributed by atoms with Crippen molar-refractivity contribution in [2.45, 2.75) is 20.0 Å². The van der Waals surface area contributed by atoms with E-state index in [-0.39, 0.29) is 30.3 Å². The number of hydrogen-bond acceptors (Lipinski definition) is 4. The van der Waals surface area contributed by atoms with Gasteiger partial charge in [0.2, 0.25) is 5.43 Å². The fraction of sp³-hybridized carbons (Fsp3) is 0.294. The number of nitrogens with zero attached hydrogens (tertiary/aromatic N) is 1. The van der Waals surface area contributed by atoms with Crippen molar-refractivity contribution in [1.29, 1.82) is 0 Å². The van der Waals surface area contributed by atoms with Gasteiger partial charge in [-0.2, -0.15) is 0 Å². The third-order valence-electron chi connectivity index (χ3n) is 3.48. The van der Waals surface area contributed by atoms with Crippen LogP contribution in [0.1, 0.15) is 11.3 Å². The number of aliphatic hydroxyl groups is 1. The van der Waals surface area contributed by atoms with Gasteiger partial charge in [-0.05, 0) is 24.6 Å². The summed E-state index contributed by atoms with van der Waals surface area (Å²) < 4.78 is 7.07. The van der Waals surface area contributed by atoms with E-state index in [9.17, 15) is 9.59 Å². The van der Waals surface area contributed by atoms with Crippen molar-refractivity contribution in [3.63, 3.8) is 0 Å². The molecule has 0 aliphatic heterocycles. The monoisotopic (exact) mass is 350 g/mol. The van der Waals surface area contributed by atoms with Gasteiger partial charge in [0.25, 0.3) is 5.91 Å². The van der Waals surface area contributed by atoms with E-state index in [1.54, 1.807) is 29.8 Å². The predicted octanol–water partition coefficient (Wildman–Crippen LogP) is 1.50. The molecule has 0 aliphatic carbocycles. The predicted molar refractivity (Wildman–Crippen MR) is 91.3 cm³/mol. The fourth-order valence-corrected chi connectivity index (χ4v) is 2.30. The summed E-state index contributed by atoms with van der Waals surface area (Å²) in [4.78, 5) is 23.8. The average Bonchev–Trinajstić information content (AvgIpc) is 2.57. The minimum atomic E-state index is -0.332. The second-order valence-corrected chi connectivity index (χ2v) is 5.64. The van der Waals surface area contributed by atoms with Crippen LogP contribution >= 0.6 is 11.6 Å². The Morgan fingerprint density at radius 2 is 2.00 bits per heavy atom. The van der Waals surface area contributed by atoms with Crippen LogP contribution in [-0.2, 0) is 17.9 Å². The lowest BCUT2D eigenvalue weighted by Gasteiger charge is -2.14. The van der Waals surface area contributed by atoms with Crippen LogP contribution in [0.25, 0.3) is 0 Å². The largest absolute Gasteiger partial charge is 0.478 e. The summed E-state index contributed by atoms with van der Waals surface area (Å²) in [5, 5.41) is 12.3. The zero-order valence-electron chi connectivity index (χ0n) is 13.3. The molecule has 0 bridgehead atoms. The Kier molecular flexibility index (Phi) is 6.40. The Hall–Kier alpha value is -2.31. The van der Waals surface area contributed by atoms with Gasteiger partial charge in [-0.15, -0.1) is 0 Å². The quantitative estimate of drug-likeness (QED) is 0.793. The molecule has 0 atom stereocenters. The van der Waals surface area contributed by atoms with Crippen molar-refractivity contribution in [3.05, 3.63) is 63.0 Å². The van der Waals surface area contributed by atoms with Crippen LogP contribution in [0.4, 0.5) is 0 Å². The number of ether oxygens (including phenoxy) is 1. The number of nitrogens with one attached hydrogen (secondary N) is 1. The lowest BCUT2D eigenvalue weighted by Crippen LogP contribution is -2.29. The van der Waals surface area contributed by atoms with E-state index in [2.05, 4.69) is 5.32 Å². The van der Waals surface area contributed by atoms with E-state index >= 15 is 0 Å². The maximum atomic E-state index is 11.9. The number of carbonyl (C=O) groups excluding carboxylic acids is 1. The van der Waals surface area contributed by atoms with Crippen molar-refractivity contribution in [1.82, 2.24) is 9.88 Å². The van der Waals surface area contributed by atoms with Crippen molar-refractivity contribution in [3.8, 4) is 5.75 Å². The Bertz CT molecular complexity index is 756.